The number of rotatable bonds is 9. The van der Waals surface area contributed by atoms with E-state index in [0.717, 1.165) is 10.6 Å². The largest absolute Gasteiger partial charge is 0.276 e. The molecule has 0 unspecified atom stereocenters. The Bertz CT molecular complexity index is 699. The summed E-state index contributed by atoms with van der Waals surface area (Å²) in [5.74, 6) is 0.196. The minimum absolute atomic E-state index is 0.115. The average Bonchev–Trinajstić information content (AvgIpc) is 2.63. The Kier molecular flexibility index (Phi) is 7.34. The van der Waals surface area contributed by atoms with Crippen LogP contribution in [0.2, 0.25) is 5.02 Å². The third kappa shape index (κ3) is 5.82. The summed E-state index contributed by atoms with van der Waals surface area (Å²) in [4.78, 5) is 32.3. The molecule has 1 aromatic heterocycles. The van der Waals surface area contributed by atoms with Crippen LogP contribution in [0.1, 0.15) is 12.5 Å². The van der Waals surface area contributed by atoms with Crippen LogP contribution in [0.25, 0.3) is 0 Å². The number of anilines is 1. The van der Waals surface area contributed by atoms with E-state index < -0.39 is 0 Å². The highest BCUT2D eigenvalue weighted by Crippen LogP contribution is 2.14. The Morgan fingerprint density at radius 3 is 2.68 bits per heavy atom. The van der Waals surface area contributed by atoms with Crippen molar-refractivity contribution in [2.75, 3.05) is 18.2 Å². The molecular formula is C17H19ClN4O3. The van der Waals surface area contributed by atoms with E-state index in [-0.39, 0.29) is 19.1 Å². The van der Waals surface area contributed by atoms with Crippen molar-refractivity contribution in [3.8, 4) is 0 Å². The maximum atomic E-state index is 11.7. The van der Waals surface area contributed by atoms with Gasteiger partial charge in [0.25, 0.3) is 0 Å². The second kappa shape index (κ2) is 9.73. The lowest BCUT2D eigenvalue weighted by Crippen LogP contribution is -2.44. The fraction of sp³-hybridized carbons (Fsp3) is 0.235. The Morgan fingerprint density at radius 1 is 1.28 bits per heavy atom. The number of pyridine rings is 1. The molecule has 7 nitrogen and oxygen atoms in total. The van der Waals surface area contributed by atoms with E-state index in [1.807, 2.05) is 18.2 Å². The first-order chi connectivity index (χ1) is 12.1. The fourth-order valence-electron chi connectivity index (χ4n) is 2.04. The smallest absolute Gasteiger partial charge is 0.239 e. The lowest BCUT2D eigenvalue weighted by Gasteiger charge is -2.23. The molecule has 8 heteroatoms. The number of hydrazine groups is 1. The van der Waals surface area contributed by atoms with Gasteiger partial charge in [-0.3, -0.25) is 19.4 Å². The van der Waals surface area contributed by atoms with E-state index in [9.17, 15) is 9.59 Å². The third-order valence-corrected chi connectivity index (χ3v) is 3.68. The molecule has 132 valence electrons. The van der Waals surface area contributed by atoms with Crippen molar-refractivity contribution in [2.24, 2.45) is 0 Å². The number of carbonyl (C=O) groups is 2. The standard InChI is InChI=1S/C17H19ClN4O3/c1-14(24)21(20-12-15-6-2-3-7-16(15)18)10-11-25-22(13-23)17-8-4-5-9-19-17/h2-9,13,20H,10-12H2,1H3. The number of hydrogen-bond donors (Lipinski definition) is 1. The van der Waals surface area contributed by atoms with Crippen LogP contribution in [-0.4, -0.2) is 35.5 Å². The summed E-state index contributed by atoms with van der Waals surface area (Å²) in [6.07, 6.45) is 2.08. The Morgan fingerprint density at radius 2 is 2.04 bits per heavy atom. The van der Waals surface area contributed by atoms with Crippen molar-refractivity contribution in [2.45, 2.75) is 13.5 Å². The van der Waals surface area contributed by atoms with E-state index in [2.05, 4.69) is 10.4 Å². The number of nitrogens with zero attached hydrogens (tertiary/aromatic N) is 3. The molecule has 0 fully saturated rings. The molecule has 1 heterocycles. The van der Waals surface area contributed by atoms with Crippen LogP contribution in [0.5, 0.6) is 0 Å². The van der Waals surface area contributed by atoms with Gasteiger partial charge in [0.15, 0.2) is 5.82 Å². The normalized spacial score (nSPS) is 10.3. The molecule has 0 atom stereocenters. The third-order valence-electron chi connectivity index (χ3n) is 3.31. The summed E-state index contributed by atoms with van der Waals surface area (Å²) in [7, 11) is 0. The second-order valence-electron chi connectivity index (χ2n) is 5.05. The molecule has 0 bridgehead atoms. The van der Waals surface area contributed by atoms with Crippen LogP contribution in [0, 0.1) is 0 Å². The van der Waals surface area contributed by atoms with E-state index in [1.54, 1.807) is 30.5 Å². The number of amides is 2. The molecule has 1 aromatic carbocycles. The molecule has 25 heavy (non-hydrogen) atoms. The Hall–Kier alpha value is -2.48. The van der Waals surface area contributed by atoms with Crippen LogP contribution >= 0.6 is 11.6 Å². The molecule has 2 rings (SSSR count). The van der Waals surface area contributed by atoms with E-state index in [1.165, 1.54) is 11.9 Å². The first kappa shape index (κ1) is 18.9. The zero-order chi connectivity index (χ0) is 18.1. The van der Waals surface area contributed by atoms with Gasteiger partial charge in [0.05, 0.1) is 13.2 Å². The Balaban J connectivity index is 1.86. The van der Waals surface area contributed by atoms with Gasteiger partial charge in [0, 0.05) is 24.7 Å². The van der Waals surface area contributed by atoms with Crippen LogP contribution in [0.3, 0.4) is 0 Å². The van der Waals surface area contributed by atoms with Gasteiger partial charge >= 0.3 is 0 Å². The molecule has 0 aliphatic rings. The van der Waals surface area contributed by atoms with Gasteiger partial charge in [-0.25, -0.2) is 10.4 Å². The topological polar surface area (TPSA) is 74.8 Å². The van der Waals surface area contributed by atoms with Gasteiger partial charge < -0.3 is 0 Å². The maximum Gasteiger partial charge on any atom is 0.239 e. The van der Waals surface area contributed by atoms with Crippen LogP contribution in [-0.2, 0) is 21.0 Å². The molecule has 0 saturated carbocycles. The van der Waals surface area contributed by atoms with Gasteiger partial charge in [0.2, 0.25) is 12.3 Å². The molecule has 0 saturated heterocycles. The van der Waals surface area contributed by atoms with E-state index in [0.29, 0.717) is 23.8 Å². The molecule has 1 N–H and O–H groups in total. The highest BCUT2D eigenvalue weighted by molar-refractivity contribution is 6.31. The number of hydroxylamine groups is 1. The monoisotopic (exact) mass is 362 g/mol. The lowest BCUT2D eigenvalue weighted by atomic mass is 10.2. The number of nitrogens with one attached hydrogen (secondary N) is 1. The van der Waals surface area contributed by atoms with E-state index in [4.69, 9.17) is 16.4 Å². The quantitative estimate of drug-likeness (QED) is 0.546. The molecule has 2 aromatic rings. The zero-order valence-corrected chi connectivity index (χ0v) is 14.5. The molecular weight excluding hydrogens is 344 g/mol. The van der Waals surface area contributed by atoms with E-state index >= 15 is 0 Å². The number of halogens is 1. The van der Waals surface area contributed by atoms with Crippen molar-refractivity contribution >= 4 is 29.7 Å². The van der Waals surface area contributed by atoms with Gasteiger partial charge in [-0.1, -0.05) is 35.9 Å². The predicted molar refractivity (Wildman–Crippen MR) is 94.4 cm³/mol. The summed E-state index contributed by atoms with van der Waals surface area (Å²) in [5, 5.41) is 3.05. The highest BCUT2D eigenvalue weighted by Gasteiger charge is 2.12. The van der Waals surface area contributed by atoms with Crippen molar-refractivity contribution < 1.29 is 14.4 Å². The van der Waals surface area contributed by atoms with Gasteiger partial charge in [-0.15, -0.1) is 0 Å². The van der Waals surface area contributed by atoms with Crippen LogP contribution < -0.4 is 10.5 Å². The molecule has 0 aliphatic heterocycles. The molecule has 0 spiro atoms. The lowest BCUT2D eigenvalue weighted by molar-refractivity contribution is -0.133. The van der Waals surface area contributed by atoms with Crippen LogP contribution in [0.15, 0.2) is 48.7 Å². The fourth-order valence-corrected chi connectivity index (χ4v) is 2.24. The molecule has 0 aliphatic carbocycles. The first-order valence-electron chi connectivity index (χ1n) is 7.65. The molecule has 2 amide bonds. The second-order valence-corrected chi connectivity index (χ2v) is 5.46. The summed E-state index contributed by atoms with van der Waals surface area (Å²) < 4.78 is 0. The number of aromatic nitrogens is 1. The maximum absolute atomic E-state index is 11.7. The number of benzene rings is 1. The minimum Gasteiger partial charge on any atom is -0.276 e. The summed E-state index contributed by atoms with van der Waals surface area (Å²) in [6.45, 7) is 2.20. The summed E-state index contributed by atoms with van der Waals surface area (Å²) in [5.41, 5.74) is 3.88. The van der Waals surface area contributed by atoms with Crippen LogP contribution in [0.4, 0.5) is 5.82 Å². The number of hydrogen-bond acceptors (Lipinski definition) is 5. The minimum atomic E-state index is -0.175. The van der Waals surface area contributed by atoms with Gasteiger partial charge in [-0.05, 0) is 23.8 Å². The summed E-state index contributed by atoms with van der Waals surface area (Å²) in [6, 6.07) is 12.5. The highest BCUT2D eigenvalue weighted by atomic mass is 35.5. The summed E-state index contributed by atoms with van der Waals surface area (Å²) >= 11 is 6.10. The van der Waals surface area contributed by atoms with Gasteiger partial charge in [-0.2, -0.15) is 5.06 Å². The predicted octanol–water partition coefficient (Wildman–Crippen LogP) is 2.18. The Labute approximate surface area is 151 Å². The van der Waals surface area contributed by atoms with Gasteiger partial charge in [0.1, 0.15) is 0 Å². The first-order valence-corrected chi connectivity index (χ1v) is 8.03. The van der Waals surface area contributed by atoms with Crippen molar-refractivity contribution in [3.05, 3.63) is 59.2 Å². The van der Waals surface area contributed by atoms with Crippen molar-refractivity contribution in [1.82, 2.24) is 15.4 Å². The average molecular weight is 363 g/mol. The van der Waals surface area contributed by atoms with Crippen molar-refractivity contribution in [1.29, 1.82) is 0 Å². The molecule has 0 radical (unpaired) electrons. The SMILES string of the molecule is CC(=O)N(CCON(C=O)c1ccccn1)NCc1ccccc1Cl. The van der Waals surface area contributed by atoms with Crippen molar-refractivity contribution in [3.63, 3.8) is 0 Å². The zero-order valence-electron chi connectivity index (χ0n) is 13.8. The number of carbonyl (C=O) groups excluding carboxylic acids is 2.